The summed E-state index contributed by atoms with van der Waals surface area (Å²) in [7, 11) is 0. The predicted octanol–water partition coefficient (Wildman–Crippen LogP) is 1.71. The van der Waals surface area contributed by atoms with E-state index in [1.807, 2.05) is 30.6 Å². The number of rotatable bonds is 1. The molecule has 47 valence electrons. The van der Waals surface area contributed by atoms with E-state index < -0.39 is 0 Å². The molecule has 0 atom stereocenters. The smallest absolute Gasteiger partial charge is 0.0191 e. The highest BCUT2D eigenvalue weighted by molar-refractivity contribution is 5.11. The molecule has 1 aliphatic heterocycles. The van der Waals surface area contributed by atoms with Gasteiger partial charge in [-0.25, -0.2) is 0 Å². The molecule has 1 rings (SSSR count). The van der Waals surface area contributed by atoms with Crippen LogP contribution in [0.2, 0.25) is 0 Å². The average molecular weight is 120 g/mol. The first-order valence-corrected chi connectivity index (χ1v) is 3.12. The molecule has 1 heterocycles. The Hall–Kier alpha value is -0.980. The largest absolute Gasteiger partial charge is 0.354 e. The maximum absolute atomic E-state index is 3.01. The Morgan fingerprint density at radius 3 is 3.11 bits per heavy atom. The number of allylic oxidation sites excluding steroid dienone is 4. The molecule has 0 aromatic rings. The van der Waals surface area contributed by atoms with E-state index in [0.717, 1.165) is 6.54 Å². The van der Waals surface area contributed by atoms with Crippen LogP contribution in [-0.2, 0) is 0 Å². The zero-order valence-corrected chi connectivity index (χ0v) is 5.54. The molecular weight excluding hydrogens is 110 g/mol. The van der Waals surface area contributed by atoms with E-state index in [0.29, 0.717) is 0 Å². The van der Waals surface area contributed by atoms with Gasteiger partial charge >= 0.3 is 0 Å². The minimum atomic E-state index is 1.01. The van der Waals surface area contributed by atoms with Crippen LogP contribution in [0.3, 0.4) is 0 Å². The summed E-state index contributed by atoms with van der Waals surface area (Å²) < 4.78 is 0. The highest BCUT2D eigenvalue weighted by Gasteiger charge is 1.86. The average Bonchev–Trinajstić information content (AvgIpc) is 2.13. The van der Waals surface area contributed by atoms with Crippen molar-refractivity contribution < 1.29 is 0 Å². The summed E-state index contributed by atoms with van der Waals surface area (Å²) in [4.78, 5) is 2.07. The molecular formula is C8H10N. The Kier molecular flexibility index (Phi) is 2.13. The van der Waals surface area contributed by atoms with E-state index in [1.54, 1.807) is 0 Å². The fourth-order valence-corrected chi connectivity index (χ4v) is 0.650. The fourth-order valence-electron chi connectivity index (χ4n) is 0.650. The predicted molar refractivity (Wildman–Crippen MR) is 38.5 cm³/mol. The van der Waals surface area contributed by atoms with Gasteiger partial charge in [0.1, 0.15) is 0 Å². The summed E-state index contributed by atoms with van der Waals surface area (Å²) in [6.45, 7) is 3.11. The van der Waals surface area contributed by atoms with Crippen LogP contribution in [0.1, 0.15) is 6.92 Å². The topological polar surface area (TPSA) is 3.24 Å². The zero-order chi connectivity index (χ0) is 6.53. The van der Waals surface area contributed by atoms with Gasteiger partial charge in [0.15, 0.2) is 0 Å². The van der Waals surface area contributed by atoms with Crippen LogP contribution in [0.25, 0.3) is 0 Å². The molecule has 0 aromatic heterocycles. The van der Waals surface area contributed by atoms with Crippen LogP contribution in [0.5, 0.6) is 0 Å². The normalized spacial score (nSPS) is 16.3. The Balaban J connectivity index is 2.58. The van der Waals surface area contributed by atoms with Crippen molar-refractivity contribution in [2.75, 3.05) is 6.54 Å². The summed E-state index contributed by atoms with van der Waals surface area (Å²) in [6, 6.07) is 0. The molecule has 0 unspecified atom stereocenters. The molecule has 1 heteroatoms. The maximum atomic E-state index is 3.01. The summed E-state index contributed by atoms with van der Waals surface area (Å²) in [5.41, 5.74) is 0. The lowest BCUT2D eigenvalue weighted by molar-refractivity contribution is 0.536. The Morgan fingerprint density at radius 2 is 2.33 bits per heavy atom. The van der Waals surface area contributed by atoms with Gasteiger partial charge < -0.3 is 4.90 Å². The van der Waals surface area contributed by atoms with Crippen molar-refractivity contribution in [3.8, 4) is 0 Å². The second-order valence-corrected chi connectivity index (χ2v) is 1.83. The highest BCUT2D eigenvalue weighted by atomic mass is 15.1. The molecule has 0 bridgehead atoms. The molecule has 0 aromatic carbocycles. The molecule has 0 saturated heterocycles. The Bertz CT molecular complexity index is 138. The number of hydrogen-bond acceptors (Lipinski definition) is 1. The van der Waals surface area contributed by atoms with Crippen LogP contribution < -0.4 is 0 Å². The first kappa shape index (κ1) is 6.14. The third kappa shape index (κ3) is 1.76. The summed E-state index contributed by atoms with van der Waals surface area (Å²) in [6.07, 6.45) is 12.8. The van der Waals surface area contributed by atoms with Crippen molar-refractivity contribution in [1.82, 2.24) is 4.90 Å². The molecule has 1 radical (unpaired) electrons. The standard InChI is InChI=1S/C8H10N/c1-2-9-7-5-3-4-6-8-9/h3-5,7-8H,2H2,1H3. The van der Waals surface area contributed by atoms with Gasteiger partial charge in [-0.2, -0.15) is 0 Å². The minimum Gasteiger partial charge on any atom is -0.354 e. The second-order valence-electron chi connectivity index (χ2n) is 1.83. The monoisotopic (exact) mass is 120 g/mol. The van der Waals surface area contributed by atoms with Crippen LogP contribution in [0, 0.1) is 6.08 Å². The molecule has 0 N–H and O–H groups in total. The van der Waals surface area contributed by atoms with Gasteiger partial charge in [0.05, 0.1) is 0 Å². The van der Waals surface area contributed by atoms with Crippen LogP contribution in [0.4, 0.5) is 0 Å². The first-order chi connectivity index (χ1) is 4.43. The Morgan fingerprint density at radius 1 is 1.44 bits per heavy atom. The molecule has 0 amide bonds. The van der Waals surface area contributed by atoms with Crippen LogP contribution in [-0.4, -0.2) is 11.4 Å². The minimum absolute atomic E-state index is 1.01. The molecule has 0 aliphatic carbocycles. The van der Waals surface area contributed by atoms with E-state index in [1.165, 1.54) is 0 Å². The van der Waals surface area contributed by atoms with E-state index in [-0.39, 0.29) is 0 Å². The van der Waals surface area contributed by atoms with Gasteiger partial charge in [0.25, 0.3) is 0 Å². The lowest BCUT2D eigenvalue weighted by Gasteiger charge is -2.08. The van der Waals surface area contributed by atoms with E-state index in [2.05, 4.69) is 17.9 Å². The fraction of sp³-hybridized carbons (Fsp3) is 0.250. The Labute approximate surface area is 56.0 Å². The first-order valence-electron chi connectivity index (χ1n) is 3.12. The summed E-state index contributed by atoms with van der Waals surface area (Å²) in [5.74, 6) is 0. The number of hydrogen-bond donors (Lipinski definition) is 0. The van der Waals surface area contributed by atoms with E-state index in [9.17, 15) is 0 Å². The highest BCUT2D eigenvalue weighted by Crippen LogP contribution is 1.95. The van der Waals surface area contributed by atoms with Crippen molar-refractivity contribution in [2.45, 2.75) is 6.92 Å². The van der Waals surface area contributed by atoms with Crippen molar-refractivity contribution in [3.05, 3.63) is 36.7 Å². The maximum Gasteiger partial charge on any atom is 0.0191 e. The molecule has 1 aliphatic rings. The van der Waals surface area contributed by atoms with Gasteiger partial charge in [-0.1, -0.05) is 12.2 Å². The third-order valence-electron chi connectivity index (χ3n) is 1.19. The summed E-state index contributed by atoms with van der Waals surface area (Å²) >= 11 is 0. The summed E-state index contributed by atoms with van der Waals surface area (Å²) in [5, 5.41) is 0. The zero-order valence-electron chi connectivity index (χ0n) is 5.54. The van der Waals surface area contributed by atoms with Crippen LogP contribution >= 0.6 is 0 Å². The van der Waals surface area contributed by atoms with Crippen LogP contribution in [0.15, 0.2) is 30.6 Å². The van der Waals surface area contributed by atoms with Gasteiger partial charge in [-0.05, 0) is 19.1 Å². The van der Waals surface area contributed by atoms with Crippen molar-refractivity contribution in [2.24, 2.45) is 0 Å². The van der Waals surface area contributed by atoms with E-state index in [4.69, 9.17) is 0 Å². The molecule has 0 spiro atoms. The lowest BCUT2D eigenvalue weighted by atomic mass is 10.5. The van der Waals surface area contributed by atoms with Crippen molar-refractivity contribution in [1.29, 1.82) is 0 Å². The SMILES string of the molecule is CCN1C=[C]C=CC=C1. The van der Waals surface area contributed by atoms with Gasteiger partial charge in [-0.15, -0.1) is 0 Å². The van der Waals surface area contributed by atoms with Gasteiger partial charge in [0, 0.05) is 18.9 Å². The van der Waals surface area contributed by atoms with Gasteiger partial charge in [-0.3, -0.25) is 0 Å². The quantitative estimate of drug-likeness (QED) is 0.509. The third-order valence-corrected chi connectivity index (χ3v) is 1.19. The molecule has 9 heavy (non-hydrogen) atoms. The molecule has 0 saturated carbocycles. The van der Waals surface area contributed by atoms with Crippen molar-refractivity contribution in [3.63, 3.8) is 0 Å². The molecule has 1 nitrogen and oxygen atoms in total. The van der Waals surface area contributed by atoms with Gasteiger partial charge in [0.2, 0.25) is 0 Å². The van der Waals surface area contributed by atoms with Crippen molar-refractivity contribution >= 4 is 0 Å². The van der Waals surface area contributed by atoms with E-state index >= 15 is 0 Å². The molecule has 0 fully saturated rings. The number of nitrogens with zero attached hydrogens (tertiary/aromatic N) is 1. The second kappa shape index (κ2) is 3.13. The lowest BCUT2D eigenvalue weighted by Crippen LogP contribution is -2.06.